The predicted octanol–water partition coefficient (Wildman–Crippen LogP) is 4.68. The average molecular weight is 456 g/mol. The molecule has 3 aromatic rings. The van der Waals surface area contributed by atoms with Crippen LogP contribution >= 0.6 is 0 Å². The number of ether oxygens (including phenoxy) is 3. The van der Waals surface area contributed by atoms with Crippen molar-refractivity contribution >= 4 is 17.6 Å². The SMILES string of the molecule is COC(=O)c1cccc(C#Cc2cccc(NC(=O)c3ccccc3OCC3CCCO3)c2)c1. The molecule has 1 amide bonds. The second-order valence-corrected chi connectivity index (χ2v) is 7.80. The van der Waals surface area contributed by atoms with Crippen molar-refractivity contribution < 1.29 is 23.8 Å². The molecule has 0 radical (unpaired) electrons. The van der Waals surface area contributed by atoms with Gasteiger partial charge >= 0.3 is 5.97 Å². The fraction of sp³-hybridized carbons (Fsp3) is 0.214. The minimum absolute atomic E-state index is 0.0692. The van der Waals surface area contributed by atoms with Gasteiger partial charge in [0.2, 0.25) is 0 Å². The van der Waals surface area contributed by atoms with E-state index in [4.69, 9.17) is 14.2 Å². The van der Waals surface area contributed by atoms with Gasteiger partial charge in [-0.25, -0.2) is 4.79 Å². The summed E-state index contributed by atoms with van der Waals surface area (Å²) in [5, 5.41) is 2.92. The quantitative estimate of drug-likeness (QED) is 0.432. The van der Waals surface area contributed by atoms with E-state index in [0.29, 0.717) is 34.7 Å². The number of hydrogen-bond acceptors (Lipinski definition) is 5. The minimum Gasteiger partial charge on any atom is -0.490 e. The summed E-state index contributed by atoms with van der Waals surface area (Å²) >= 11 is 0. The number of carbonyl (C=O) groups excluding carboxylic acids is 2. The van der Waals surface area contributed by atoms with Crippen LogP contribution in [0.2, 0.25) is 0 Å². The number of anilines is 1. The number of amides is 1. The molecule has 0 saturated carbocycles. The number of nitrogens with one attached hydrogen (secondary N) is 1. The Morgan fingerprint density at radius 1 is 1.00 bits per heavy atom. The first-order valence-corrected chi connectivity index (χ1v) is 11.1. The number of esters is 1. The monoisotopic (exact) mass is 455 g/mol. The Labute approximate surface area is 198 Å². The first-order chi connectivity index (χ1) is 16.6. The second-order valence-electron chi connectivity index (χ2n) is 7.80. The molecular formula is C28H25NO5. The van der Waals surface area contributed by atoms with Crippen molar-refractivity contribution in [2.45, 2.75) is 18.9 Å². The highest BCUT2D eigenvalue weighted by molar-refractivity contribution is 6.06. The summed E-state index contributed by atoms with van der Waals surface area (Å²) in [5.74, 6) is 5.96. The van der Waals surface area contributed by atoms with E-state index in [1.165, 1.54) is 7.11 Å². The summed E-state index contributed by atoms with van der Waals surface area (Å²) in [6.07, 6.45) is 2.07. The van der Waals surface area contributed by atoms with Gasteiger partial charge in [-0.15, -0.1) is 0 Å². The highest BCUT2D eigenvalue weighted by atomic mass is 16.5. The van der Waals surface area contributed by atoms with Gasteiger partial charge in [-0.2, -0.15) is 0 Å². The molecule has 1 aliphatic heterocycles. The van der Waals surface area contributed by atoms with E-state index >= 15 is 0 Å². The largest absolute Gasteiger partial charge is 0.490 e. The fourth-order valence-electron chi connectivity index (χ4n) is 3.60. The zero-order valence-electron chi connectivity index (χ0n) is 18.9. The molecule has 1 aliphatic rings. The number of rotatable bonds is 6. The van der Waals surface area contributed by atoms with E-state index in [2.05, 4.69) is 17.2 Å². The lowest BCUT2D eigenvalue weighted by Gasteiger charge is -2.14. The molecule has 1 fully saturated rings. The molecule has 1 unspecified atom stereocenters. The number of para-hydroxylation sites is 1. The summed E-state index contributed by atoms with van der Waals surface area (Å²) < 4.78 is 16.2. The number of methoxy groups -OCH3 is 1. The van der Waals surface area contributed by atoms with E-state index in [0.717, 1.165) is 25.0 Å². The molecule has 3 aromatic carbocycles. The summed E-state index contributed by atoms with van der Waals surface area (Å²) in [4.78, 5) is 24.7. The van der Waals surface area contributed by atoms with Crippen LogP contribution in [0.4, 0.5) is 5.69 Å². The maximum absolute atomic E-state index is 12.9. The van der Waals surface area contributed by atoms with Crippen LogP contribution in [0.3, 0.4) is 0 Å². The van der Waals surface area contributed by atoms with E-state index in [1.54, 1.807) is 48.5 Å². The van der Waals surface area contributed by atoms with Gasteiger partial charge < -0.3 is 19.5 Å². The first-order valence-electron chi connectivity index (χ1n) is 11.1. The van der Waals surface area contributed by atoms with Crippen molar-refractivity contribution in [3.63, 3.8) is 0 Å². The fourth-order valence-corrected chi connectivity index (χ4v) is 3.60. The highest BCUT2D eigenvalue weighted by Crippen LogP contribution is 2.22. The van der Waals surface area contributed by atoms with E-state index in [1.807, 2.05) is 24.3 Å². The lowest BCUT2D eigenvalue weighted by Crippen LogP contribution is -2.19. The molecule has 1 heterocycles. The van der Waals surface area contributed by atoms with Gasteiger partial charge in [-0.05, 0) is 61.4 Å². The summed E-state index contributed by atoms with van der Waals surface area (Å²) in [6.45, 7) is 1.18. The molecule has 0 spiro atoms. The lowest BCUT2D eigenvalue weighted by molar-refractivity contribution is 0.0600. The molecule has 34 heavy (non-hydrogen) atoms. The third-order valence-electron chi connectivity index (χ3n) is 5.34. The van der Waals surface area contributed by atoms with Crippen LogP contribution in [-0.4, -0.2) is 38.3 Å². The molecule has 0 aliphatic carbocycles. The molecule has 0 bridgehead atoms. The maximum atomic E-state index is 12.9. The van der Waals surface area contributed by atoms with Gasteiger partial charge in [0.15, 0.2) is 0 Å². The molecule has 0 aromatic heterocycles. The van der Waals surface area contributed by atoms with Crippen LogP contribution < -0.4 is 10.1 Å². The third kappa shape index (κ3) is 6.03. The Kier molecular flexibility index (Phi) is 7.59. The molecule has 1 saturated heterocycles. The molecule has 6 heteroatoms. The lowest BCUT2D eigenvalue weighted by atomic mass is 10.1. The van der Waals surface area contributed by atoms with Crippen LogP contribution in [0.1, 0.15) is 44.7 Å². The Morgan fingerprint density at radius 2 is 1.76 bits per heavy atom. The van der Waals surface area contributed by atoms with Gasteiger partial charge in [0, 0.05) is 23.4 Å². The Balaban J connectivity index is 1.45. The van der Waals surface area contributed by atoms with Gasteiger partial charge in [0.25, 0.3) is 5.91 Å². The van der Waals surface area contributed by atoms with Gasteiger partial charge in [-0.3, -0.25) is 4.79 Å². The van der Waals surface area contributed by atoms with E-state index in [9.17, 15) is 9.59 Å². The molecule has 4 rings (SSSR count). The van der Waals surface area contributed by atoms with Crippen LogP contribution in [0, 0.1) is 11.8 Å². The van der Waals surface area contributed by atoms with Gasteiger partial charge in [-0.1, -0.05) is 36.1 Å². The van der Waals surface area contributed by atoms with Crippen molar-refractivity contribution in [1.82, 2.24) is 0 Å². The van der Waals surface area contributed by atoms with Crippen molar-refractivity contribution in [3.05, 3.63) is 95.1 Å². The van der Waals surface area contributed by atoms with Crippen LogP contribution in [0.25, 0.3) is 0 Å². The topological polar surface area (TPSA) is 73.9 Å². The Morgan fingerprint density at radius 3 is 2.53 bits per heavy atom. The Bertz CT molecular complexity index is 1230. The van der Waals surface area contributed by atoms with E-state index < -0.39 is 5.97 Å². The Hall–Kier alpha value is -4.08. The first kappa shape index (κ1) is 23.1. The molecule has 1 N–H and O–H groups in total. The van der Waals surface area contributed by atoms with Crippen molar-refractivity contribution in [1.29, 1.82) is 0 Å². The van der Waals surface area contributed by atoms with Crippen molar-refractivity contribution in [2.24, 2.45) is 0 Å². The summed E-state index contributed by atoms with van der Waals surface area (Å²) in [7, 11) is 1.34. The van der Waals surface area contributed by atoms with Crippen LogP contribution in [0.5, 0.6) is 5.75 Å². The zero-order valence-corrected chi connectivity index (χ0v) is 18.9. The maximum Gasteiger partial charge on any atom is 0.337 e. The molecule has 172 valence electrons. The van der Waals surface area contributed by atoms with E-state index in [-0.39, 0.29) is 12.0 Å². The normalized spacial score (nSPS) is 14.6. The van der Waals surface area contributed by atoms with Gasteiger partial charge in [0.1, 0.15) is 12.4 Å². The summed E-state index contributed by atoms with van der Waals surface area (Å²) in [6, 6.07) is 21.4. The third-order valence-corrected chi connectivity index (χ3v) is 5.34. The minimum atomic E-state index is -0.409. The van der Waals surface area contributed by atoms with Crippen molar-refractivity contribution in [3.8, 4) is 17.6 Å². The van der Waals surface area contributed by atoms with Gasteiger partial charge in [0.05, 0.1) is 24.3 Å². The number of carbonyl (C=O) groups is 2. The second kappa shape index (κ2) is 11.2. The highest BCUT2D eigenvalue weighted by Gasteiger charge is 2.18. The zero-order chi connectivity index (χ0) is 23.8. The predicted molar refractivity (Wildman–Crippen MR) is 129 cm³/mol. The van der Waals surface area contributed by atoms with Crippen LogP contribution in [-0.2, 0) is 9.47 Å². The van der Waals surface area contributed by atoms with Crippen molar-refractivity contribution in [2.75, 3.05) is 25.6 Å². The number of benzene rings is 3. The molecular weight excluding hydrogens is 430 g/mol. The standard InChI is InChI=1S/C28H25NO5/c1-32-28(31)22-9-4-7-20(17-22)14-15-21-8-5-10-23(18-21)29-27(30)25-12-2-3-13-26(25)34-19-24-11-6-16-33-24/h2-5,7-10,12-13,17-18,24H,6,11,16,19H2,1H3,(H,29,30). The number of hydrogen-bond donors (Lipinski definition) is 1. The molecule has 6 nitrogen and oxygen atoms in total. The van der Waals surface area contributed by atoms with Crippen LogP contribution in [0.15, 0.2) is 72.8 Å². The summed E-state index contributed by atoms with van der Waals surface area (Å²) in [5.41, 5.74) is 2.93. The molecule has 1 atom stereocenters. The average Bonchev–Trinajstić information content (AvgIpc) is 3.40. The smallest absolute Gasteiger partial charge is 0.337 e.